The molecule has 1 N–H and O–H groups in total. The number of hydrogen-bond acceptors (Lipinski definition) is 3. The van der Waals surface area contributed by atoms with E-state index < -0.39 is 0 Å². The summed E-state index contributed by atoms with van der Waals surface area (Å²) in [5.74, 6) is 1.70. The van der Waals surface area contributed by atoms with Crippen LogP contribution in [0.3, 0.4) is 0 Å². The van der Waals surface area contributed by atoms with Crippen molar-refractivity contribution in [1.82, 2.24) is 5.32 Å². The molecule has 2 aliphatic rings. The van der Waals surface area contributed by atoms with Crippen LogP contribution in [0.25, 0.3) is 0 Å². The van der Waals surface area contributed by atoms with Gasteiger partial charge in [0, 0.05) is 6.04 Å². The lowest BCUT2D eigenvalue weighted by atomic mass is 9.94. The first kappa shape index (κ1) is 9.44. The summed E-state index contributed by atoms with van der Waals surface area (Å²) in [4.78, 5) is 0. The van der Waals surface area contributed by atoms with Gasteiger partial charge in [-0.05, 0) is 31.1 Å². The van der Waals surface area contributed by atoms with Crippen LogP contribution in [0.5, 0.6) is 0 Å². The largest absolute Gasteiger partial charge is 0.313 e. The molecule has 2 atom stereocenters. The molecule has 0 radical (unpaired) electrons. The summed E-state index contributed by atoms with van der Waals surface area (Å²) in [5, 5.41) is 3.36. The van der Waals surface area contributed by atoms with Gasteiger partial charge in [-0.2, -0.15) is 0 Å². The maximum absolute atomic E-state index is 5.16. The Kier molecular flexibility index (Phi) is 2.86. The van der Waals surface area contributed by atoms with Gasteiger partial charge in [-0.1, -0.05) is 13.8 Å². The first-order valence-electron chi connectivity index (χ1n) is 5.25. The van der Waals surface area contributed by atoms with Gasteiger partial charge in [0.25, 0.3) is 0 Å². The molecule has 2 rings (SSSR count). The van der Waals surface area contributed by atoms with E-state index in [0.717, 1.165) is 11.8 Å². The van der Waals surface area contributed by atoms with Crippen LogP contribution < -0.4 is 5.32 Å². The van der Waals surface area contributed by atoms with Crippen LogP contribution in [0.2, 0.25) is 0 Å². The second-order valence-corrected chi connectivity index (χ2v) is 4.46. The molecule has 0 bridgehead atoms. The van der Waals surface area contributed by atoms with Gasteiger partial charge < -0.3 is 9.47 Å². The van der Waals surface area contributed by atoms with Crippen molar-refractivity contribution < 1.29 is 9.47 Å². The molecule has 1 saturated heterocycles. The molecule has 0 aromatic carbocycles. The zero-order valence-electron chi connectivity index (χ0n) is 8.45. The summed E-state index contributed by atoms with van der Waals surface area (Å²) in [7, 11) is 0. The van der Waals surface area contributed by atoms with Gasteiger partial charge in [0.1, 0.15) is 0 Å². The van der Waals surface area contributed by atoms with Gasteiger partial charge in [-0.3, -0.25) is 5.32 Å². The third kappa shape index (κ3) is 2.22. The van der Waals surface area contributed by atoms with E-state index in [0.29, 0.717) is 12.8 Å². The number of rotatable bonds is 3. The summed E-state index contributed by atoms with van der Waals surface area (Å²) in [5.41, 5.74) is 0. The molecule has 2 fully saturated rings. The first-order chi connectivity index (χ1) is 6.25. The Balaban J connectivity index is 1.71. The van der Waals surface area contributed by atoms with Crippen molar-refractivity contribution in [3.05, 3.63) is 0 Å². The summed E-state index contributed by atoms with van der Waals surface area (Å²) in [6.07, 6.45) is 3.78. The quantitative estimate of drug-likeness (QED) is 0.725. The molecular formula is C10H19NO2. The van der Waals surface area contributed by atoms with E-state index in [1.165, 1.54) is 19.3 Å². The molecule has 1 aliphatic heterocycles. The molecule has 0 aromatic rings. The minimum absolute atomic E-state index is 0.115. The number of nitrogens with one attached hydrogen (secondary N) is 1. The molecule has 1 heterocycles. The van der Waals surface area contributed by atoms with Crippen molar-refractivity contribution in [2.45, 2.75) is 45.6 Å². The van der Waals surface area contributed by atoms with Crippen molar-refractivity contribution in [2.24, 2.45) is 11.8 Å². The molecule has 0 aromatic heterocycles. The Morgan fingerprint density at radius 1 is 1.23 bits per heavy atom. The van der Waals surface area contributed by atoms with Gasteiger partial charge >= 0.3 is 0 Å². The average molecular weight is 185 g/mol. The van der Waals surface area contributed by atoms with Crippen molar-refractivity contribution in [3.8, 4) is 0 Å². The highest BCUT2D eigenvalue weighted by Gasteiger charge is 2.30. The third-order valence-electron chi connectivity index (χ3n) is 3.23. The Labute approximate surface area is 79.8 Å². The Hall–Kier alpha value is -0.120. The van der Waals surface area contributed by atoms with Crippen LogP contribution in [0.15, 0.2) is 0 Å². The van der Waals surface area contributed by atoms with Gasteiger partial charge in [-0.15, -0.1) is 0 Å². The predicted molar refractivity (Wildman–Crippen MR) is 49.9 cm³/mol. The molecule has 76 valence electrons. The minimum Gasteiger partial charge on any atom is -0.313 e. The van der Waals surface area contributed by atoms with E-state index in [1.807, 2.05) is 0 Å². The van der Waals surface area contributed by atoms with Crippen molar-refractivity contribution in [2.75, 3.05) is 6.79 Å². The molecule has 13 heavy (non-hydrogen) atoms. The monoisotopic (exact) mass is 185 g/mol. The van der Waals surface area contributed by atoms with Crippen LogP contribution in [0, 0.1) is 11.8 Å². The van der Waals surface area contributed by atoms with Crippen LogP contribution >= 0.6 is 0 Å². The van der Waals surface area contributed by atoms with Crippen LogP contribution in [0.1, 0.15) is 33.1 Å². The van der Waals surface area contributed by atoms with Gasteiger partial charge in [-0.25, -0.2) is 0 Å². The van der Waals surface area contributed by atoms with Crippen molar-refractivity contribution in [1.29, 1.82) is 0 Å². The van der Waals surface area contributed by atoms with E-state index in [1.54, 1.807) is 0 Å². The zero-order chi connectivity index (χ0) is 9.26. The number of hydrogen-bond donors (Lipinski definition) is 1. The van der Waals surface area contributed by atoms with E-state index >= 15 is 0 Å². The fraction of sp³-hybridized carbons (Fsp3) is 1.00. The standard InChI is InChI=1S/C10H19NO2/c1-7(2)8-3-4-9(5-8)11-10-12-6-13-10/h7-11H,3-6H2,1-2H3/t8?,9-/m1/s1. The molecule has 0 amide bonds. The second kappa shape index (κ2) is 3.95. The van der Waals surface area contributed by atoms with Crippen molar-refractivity contribution in [3.63, 3.8) is 0 Å². The Morgan fingerprint density at radius 3 is 2.46 bits per heavy atom. The summed E-state index contributed by atoms with van der Waals surface area (Å²) >= 11 is 0. The SMILES string of the molecule is CC(C)C1CC[C@@H](NC2OCO2)C1. The number of ether oxygens (including phenoxy) is 2. The molecule has 1 aliphatic carbocycles. The Bertz CT molecular complexity index is 168. The summed E-state index contributed by atoms with van der Waals surface area (Å²) < 4.78 is 10.3. The Morgan fingerprint density at radius 2 is 2.00 bits per heavy atom. The summed E-state index contributed by atoms with van der Waals surface area (Å²) in [6, 6.07) is 0.609. The van der Waals surface area contributed by atoms with E-state index in [9.17, 15) is 0 Å². The molecule has 1 saturated carbocycles. The highest BCUT2D eigenvalue weighted by Crippen LogP contribution is 2.31. The third-order valence-corrected chi connectivity index (χ3v) is 3.23. The fourth-order valence-corrected chi connectivity index (χ4v) is 2.20. The minimum atomic E-state index is -0.115. The maximum Gasteiger partial charge on any atom is 0.220 e. The second-order valence-electron chi connectivity index (χ2n) is 4.46. The van der Waals surface area contributed by atoms with Gasteiger partial charge in [0.15, 0.2) is 6.79 Å². The lowest BCUT2D eigenvalue weighted by Crippen LogP contribution is -2.47. The van der Waals surface area contributed by atoms with E-state index in [4.69, 9.17) is 9.47 Å². The lowest BCUT2D eigenvalue weighted by Gasteiger charge is -2.30. The van der Waals surface area contributed by atoms with Crippen LogP contribution in [-0.2, 0) is 9.47 Å². The predicted octanol–water partition coefficient (Wildman–Crippen LogP) is 1.69. The smallest absolute Gasteiger partial charge is 0.220 e. The summed E-state index contributed by atoms with van der Waals surface area (Å²) in [6.45, 7) is 5.07. The highest BCUT2D eigenvalue weighted by atomic mass is 16.9. The molecule has 1 unspecified atom stereocenters. The van der Waals surface area contributed by atoms with E-state index in [-0.39, 0.29) is 6.41 Å². The topological polar surface area (TPSA) is 30.5 Å². The van der Waals surface area contributed by atoms with Crippen LogP contribution in [-0.4, -0.2) is 19.2 Å². The fourth-order valence-electron chi connectivity index (χ4n) is 2.20. The lowest BCUT2D eigenvalue weighted by molar-refractivity contribution is -0.335. The average Bonchev–Trinajstić information content (AvgIpc) is 2.44. The normalized spacial score (nSPS) is 35.3. The first-order valence-corrected chi connectivity index (χ1v) is 5.25. The van der Waals surface area contributed by atoms with Gasteiger partial charge in [0.2, 0.25) is 6.41 Å². The van der Waals surface area contributed by atoms with Crippen molar-refractivity contribution >= 4 is 0 Å². The highest BCUT2D eigenvalue weighted by molar-refractivity contribution is 4.82. The molecule has 3 heteroatoms. The molecular weight excluding hydrogens is 166 g/mol. The zero-order valence-corrected chi connectivity index (χ0v) is 8.45. The van der Waals surface area contributed by atoms with Gasteiger partial charge in [0.05, 0.1) is 0 Å². The van der Waals surface area contributed by atoms with Crippen LogP contribution in [0.4, 0.5) is 0 Å². The molecule has 3 nitrogen and oxygen atoms in total. The molecule has 0 spiro atoms. The van der Waals surface area contributed by atoms with E-state index in [2.05, 4.69) is 19.2 Å². The maximum atomic E-state index is 5.16.